The third-order valence-corrected chi connectivity index (χ3v) is 6.68. The fraction of sp³-hybridized carbons (Fsp3) is 0. The molecule has 0 aromatic heterocycles. The van der Waals surface area contributed by atoms with Crippen molar-refractivity contribution in [3.63, 3.8) is 0 Å². The van der Waals surface area contributed by atoms with Crippen molar-refractivity contribution in [2.45, 2.75) is 0 Å². The summed E-state index contributed by atoms with van der Waals surface area (Å²) in [5, 5.41) is 4.61. The second kappa shape index (κ2) is 7.40. The minimum absolute atomic E-state index is 0. The van der Waals surface area contributed by atoms with Gasteiger partial charge in [-0.15, -0.1) is 0 Å². The third kappa shape index (κ3) is 3.28. The van der Waals surface area contributed by atoms with Crippen LogP contribution in [0.4, 0.5) is 0 Å². The zero-order valence-corrected chi connectivity index (χ0v) is 20.6. The monoisotopic (exact) mass is 466 g/mol. The Morgan fingerprint density at radius 2 is 1.08 bits per heavy atom. The fourth-order valence-electron chi connectivity index (χ4n) is 3.43. The number of fused-ring (bicyclic) bond motifs is 7. The van der Waals surface area contributed by atoms with E-state index in [1.165, 1.54) is 10.8 Å². The molecule has 1 heterocycles. The SMILES string of the molecule is [K+].[S-][P+]1([Se-])Oc2ccc3ccccc3c2-c2c(ccc3ccccc23)O1. The Morgan fingerprint density at radius 1 is 0.654 bits per heavy atom. The first-order valence-corrected chi connectivity index (χ1v) is 12.7. The summed E-state index contributed by atoms with van der Waals surface area (Å²) in [5.74, 6) is 1.55. The van der Waals surface area contributed by atoms with Gasteiger partial charge in [0.25, 0.3) is 0 Å². The molecule has 6 heteroatoms. The molecule has 0 saturated carbocycles. The van der Waals surface area contributed by atoms with Gasteiger partial charge in [0.2, 0.25) is 0 Å². The van der Waals surface area contributed by atoms with Crippen molar-refractivity contribution in [2.75, 3.05) is 0 Å². The topological polar surface area (TPSA) is 18.5 Å². The van der Waals surface area contributed by atoms with Gasteiger partial charge in [-0.3, -0.25) is 0 Å². The van der Waals surface area contributed by atoms with Gasteiger partial charge in [0.05, 0.1) is 0 Å². The number of rotatable bonds is 0. The van der Waals surface area contributed by atoms with E-state index in [1.807, 2.05) is 36.4 Å². The van der Waals surface area contributed by atoms with Gasteiger partial charge in [0.1, 0.15) is 0 Å². The molecule has 1 aliphatic heterocycles. The van der Waals surface area contributed by atoms with Crippen LogP contribution in [0.15, 0.2) is 72.8 Å². The number of hydrogen-bond acceptors (Lipinski definition) is 3. The van der Waals surface area contributed by atoms with Crippen molar-refractivity contribution in [3.05, 3.63) is 72.8 Å². The molecule has 0 fully saturated rings. The summed E-state index contributed by atoms with van der Waals surface area (Å²) in [6.45, 7) is 0. The van der Waals surface area contributed by atoms with E-state index in [2.05, 4.69) is 52.0 Å². The Balaban J connectivity index is 0.00000168. The standard InChI is InChI=1S/C20H13O2PSSe.K/c24-23(25)21-17-11-9-13-5-1-3-7-15(13)19(17)20-16-8-4-2-6-14(16)10-12-18(20)22-23;/h1-12H,(H,24,25);/q;+1/p-1. The summed E-state index contributed by atoms with van der Waals surface area (Å²) in [6, 6.07) is 24.8. The van der Waals surface area contributed by atoms with Gasteiger partial charge < -0.3 is 0 Å². The van der Waals surface area contributed by atoms with E-state index in [9.17, 15) is 0 Å². The zero-order chi connectivity index (χ0) is 17.0. The number of benzene rings is 4. The molecule has 4 aromatic rings. The molecule has 2 nitrogen and oxygen atoms in total. The molecule has 0 saturated heterocycles. The average Bonchev–Trinajstić information content (AvgIpc) is 2.73. The molecule has 0 spiro atoms. The molecule has 0 radical (unpaired) electrons. The predicted octanol–water partition coefficient (Wildman–Crippen LogP) is 2.83. The Kier molecular flexibility index (Phi) is 5.48. The molecule has 0 unspecified atom stereocenters. The molecule has 5 rings (SSSR count). The molecule has 0 amide bonds. The van der Waals surface area contributed by atoms with Gasteiger partial charge in [0.15, 0.2) is 0 Å². The van der Waals surface area contributed by atoms with Crippen molar-refractivity contribution >= 4 is 55.0 Å². The van der Waals surface area contributed by atoms with Gasteiger partial charge in [-0.2, -0.15) is 0 Å². The normalized spacial score (nSPS) is 14.4. The van der Waals surface area contributed by atoms with Crippen molar-refractivity contribution in [2.24, 2.45) is 0 Å². The Hall–Kier alpha value is -0.0642. The van der Waals surface area contributed by atoms with E-state index >= 15 is 0 Å². The summed E-state index contributed by atoms with van der Waals surface area (Å²) >= 11 is 8.55. The molecular formula is C20H12KO2PSSe. The van der Waals surface area contributed by atoms with E-state index < -0.39 is 5.61 Å². The molecule has 1 aliphatic rings. The van der Waals surface area contributed by atoms with Crippen LogP contribution in [0.3, 0.4) is 0 Å². The van der Waals surface area contributed by atoms with E-state index in [0.717, 1.165) is 33.4 Å². The van der Waals surface area contributed by atoms with E-state index in [-0.39, 0.29) is 51.4 Å². The zero-order valence-electron chi connectivity index (χ0n) is 14.0. The summed E-state index contributed by atoms with van der Waals surface area (Å²) in [6.07, 6.45) is 0. The predicted molar refractivity (Wildman–Crippen MR) is 108 cm³/mol. The van der Waals surface area contributed by atoms with Crippen LogP contribution < -0.4 is 60.4 Å². The first-order valence-electron chi connectivity index (χ1n) is 7.86. The second-order valence-electron chi connectivity index (χ2n) is 5.95. The Labute approximate surface area is 208 Å². The Morgan fingerprint density at radius 3 is 1.54 bits per heavy atom. The van der Waals surface area contributed by atoms with Crippen LogP contribution in [0.25, 0.3) is 32.7 Å². The van der Waals surface area contributed by atoms with Crippen LogP contribution in [-0.2, 0) is 12.2 Å². The van der Waals surface area contributed by atoms with E-state index in [1.54, 1.807) is 0 Å². The fourth-order valence-corrected chi connectivity index (χ4v) is 5.75. The molecule has 4 aromatic carbocycles. The van der Waals surface area contributed by atoms with Crippen molar-refractivity contribution in [1.29, 1.82) is 0 Å². The van der Waals surface area contributed by atoms with Crippen molar-refractivity contribution < 1.29 is 60.4 Å². The van der Waals surface area contributed by atoms with Gasteiger partial charge in [-0.1, -0.05) is 0 Å². The Bertz CT molecular complexity index is 1060. The van der Waals surface area contributed by atoms with Crippen LogP contribution in [0.1, 0.15) is 0 Å². The first-order chi connectivity index (χ1) is 12.1. The van der Waals surface area contributed by atoms with Gasteiger partial charge in [0, 0.05) is 0 Å². The first kappa shape index (κ1) is 19.3. The van der Waals surface area contributed by atoms with Gasteiger partial charge >= 0.3 is 211 Å². The maximum absolute atomic E-state index is 6.13. The van der Waals surface area contributed by atoms with Gasteiger partial charge in [-0.05, 0) is 0 Å². The van der Waals surface area contributed by atoms with E-state index in [4.69, 9.17) is 21.3 Å². The summed E-state index contributed by atoms with van der Waals surface area (Å²) in [5.41, 5.74) is -0.446. The van der Waals surface area contributed by atoms with Crippen LogP contribution in [0.5, 0.6) is 11.5 Å². The van der Waals surface area contributed by atoms with Crippen LogP contribution in [0, 0.1) is 0 Å². The van der Waals surface area contributed by atoms with Crippen LogP contribution in [0.2, 0.25) is 0 Å². The quantitative estimate of drug-likeness (QED) is 0.226. The van der Waals surface area contributed by atoms with Gasteiger partial charge in [-0.25, -0.2) is 0 Å². The number of hydrogen-bond donors (Lipinski definition) is 0. The molecule has 0 N–H and O–H groups in total. The summed E-state index contributed by atoms with van der Waals surface area (Å²) in [4.78, 5) is 0. The molecule has 26 heavy (non-hydrogen) atoms. The molecule has 0 atom stereocenters. The molecule has 0 aliphatic carbocycles. The third-order valence-electron chi connectivity index (χ3n) is 4.45. The maximum atomic E-state index is 6.13. The molecular weight excluding hydrogens is 453 g/mol. The second-order valence-corrected chi connectivity index (χ2v) is 13.2. The van der Waals surface area contributed by atoms with Crippen LogP contribution in [-0.4, -0.2) is 15.6 Å². The molecule has 0 bridgehead atoms. The van der Waals surface area contributed by atoms with Crippen molar-refractivity contribution in [1.82, 2.24) is 0 Å². The minimum atomic E-state index is -2.54. The van der Waals surface area contributed by atoms with E-state index in [0.29, 0.717) is 0 Å². The summed E-state index contributed by atoms with van der Waals surface area (Å²) < 4.78 is 12.3. The average molecular weight is 465 g/mol. The van der Waals surface area contributed by atoms with Crippen LogP contribution >= 0.6 is 5.61 Å². The molecule has 122 valence electrons. The van der Waals surface area contributed by atoms with Crippen molar-refractivity contribution in [3.8, 4) is 22.6 Å². The summed E-state index contributed by atoms with van der Waals surface area (Å²) in [7, 11) is 0.